The van der Waals surface area contributed by atoms with E-state index in [1.54, 1.807) is 23.6 Å². The first-order valence-electron chi connectivity index (χ1n) is 7.67. The highest BCUT2D eigenvalue weighted by Crippen LogP contribution is 2.34. The van der Waals surface area contributed by atoms with E-state index < -0.39 is 5.91 Å². The van der Waals surface area contributed by atoms with Crippen LogP contribution in [0.25, 0.3) is 10.4 Å². The van der Waals surface area contributed by atoms with E-state index in [0.29, 0.717) is 0 Å². The van der Waals surface area contributed by atoms with E-state index in [9.17, 15) is 9.90 Å². The van der Waals surface area contributed by atoms with Crippen molar-refractivity contribution in [1.29, 1.82) is 0 Å². The van der Waals surface area contributed by atoms with Gasteiger partial charge in [0.25, 0.3) is 5.91 Å². The molecule has 0 bridgehead atoms. The van der Waals surface area contributed by atoms with E-state index in [2.05, 4.69) is 24.9 Å². The molecule has 118 valence electrons. The van der Waals surface area contributed by atoms with Crippen molar-refractivity contribution in [2.24, 2.45) is 5.73 Å². The van der Waals surface area contributed by atoms with E-state index in [0.717, 1.165) is 29.7 Å². The lowest BCUT2D eigenvalue weighted by molar-refractivity contribution is 0.0993. The average molecular weight is 318 g/mol. The van der Waals surface area contributed by atoms with Gasteiger partial charge >= 0.3 is 0 Å². The van der Waals surface area contributed by atoms with Gasteiger partial charge in [0.05, 0.1) is 0 Å². The summed E-state index contributed by atoms with van der Waals surface area (Å²) in [4.78, 5) is 17.6. The molecule has 0 unspecified atom stereocenters. The van der Waals surface area contributed by atoms with Crippen molar-refractivity contribution >= 4 is 17.2 Å². The van der Waals surface area contributed by atoms with Crippen LogP contribution in [0.3, 0.4) is 0 Å². The lowest BCUT2D eigenvalue weighted by Crippen LogP contribution is -2.13. The molecule has 0 aliphatic rings. The summed E-state index contributed by atoms with van der Waals surface area (Å²) in [6.45, 7) is 4.37. The van der Waals surface area contributed by atoms with Crippen LogP contribution in [-0.2, 0) is 12.8 Å². The van der Waals surface area contributed by atoms with Crippen LogP contribution in [0.4, 0.5) is 0 Å². The molecule has 0 radical (unpaired) electrons. The van der Waals surface area contributed by atoms with Gasteiger partial charge in [0, 0.05) is 21.5 Å². The highest BCUT2D eigenvalue weighted by Gasteiger charge is 2.14. The molecule has 0 fully saturated rings. The number of unbranched alkanes of at least 4 members (excludes halogenated alkanes) is 1. The van der Waals surface area contributed by atoms with Gasteiger partial charge < -0.3 is 10.8 Å². The van der Waals surface area contributed by atoms with Gasteiger partial charge in [0.1, 0.15) is 5.75 Å². The Morgan fingerprint density at radius 1 is 1.27 bits per heavy atom. The molecule has 5 heteroatoms. The van der Waals surface area contributed by atoms with Crippen molar-refractivity contribution in [3.05, 3.63) is 34.5 Å². The third-order valence-corrected chi connectivity index (χ3v) is 4.85. The van der Waals surface area contributed by atoms with Crippen LogP contribution in [0.1, 0.15) is 54.0 Å². The number of amides is 1. The van der Waals surface area contributed by atoms with Crippen molar-refractivity contribution < 1.29 is 9.90 Å². The maximum absolute atomic E-state index is 11.1. The van der Waals surface area contributed by atoms with Gasteiger partial charge in [-0.1, -0.05) is 26.7 Å². The highest BCUT2D eigenvalue weighted by molar-refractivity contribution is 7.15. The average Bonchev–Trinajstić information content (AvgIpc) is 2.88. The van der Waals surface area contributed by atoms with Crippen molar-refractivity contribution in [3.8, 4) is 16.2 Å². The fourth-order valence-corrected chi connectivity index (χ4v) is 3.70. The first kappa shape index (κ1) is 16.5. The number of aromatic nitrogens is 1. The molecule has 0 aromatic carbocycles. The predicted octanol–water partition coefficient (Wildman–Crippen LogP) is 3.91. The van der Waals surface area contributed by atoms with E-state index in [1.165, 1.54) is 23.3 Å². The molecule has 0 aliphatic heterocycles. The lowest BCUT2D eigenvalue weighted by Gasteiger charge is -2.02. The normalized spacial score (nSPS) is 10.8. The Morgan fingerprint density at radius 3 is 2.64 bits per heavy atom. The topological polar surface area (TPSA) is 76.2 Å². The molecule has 0 spiro atoms. The first-order valence-corrected chi connectivity index (χ1v) is 8.49. The molecular weight excluding hydrogens is 296 g/mol. The minimum absolute atomic E-state index is 0.0831. The number of nitrogens with zero attached hydrogens (tertiary/aromatic N) is 1. The molecule has 0 atom stereocenters. The maximum atomic E-state index is 11.1. The van der Waals surface area contributed by atoms with Crippen LogP contribution in [0, 0.1) is 0 Å². The zero-order valence-electron chi connectivity index (χ0n) is 13.1. The summed E-state index contributed by atoms with van der Waals surface area (Å²) >= 11 is 1.74. The Morgan fingerprint density at radius 2 is 2.05 bits per heavy atom. The minimum Gasteiger partial charge on any atom is -0.505 e. The number of carbonyl (C=O) groups excluding carboxylic acids is 1. The van der Waals surface area contributed by atoms with E-state index >= 15 is 0 Å². The summed E-state index contributed by atoms with van der Waals surface area (Å²) in [5, 5.41) is 9.89. The monoisotopic (exact) mass is 318 g/mol. The summed E-state index contributed by atoms with van der Waals surface area (Å²) in [7, 11) is 0. The van der Waals surface area contributed by atoms with E-state index in [-0.39, 0.29) is 11.4 Å². The minimum atomic E-state index is -0.717. The van der Waals surface area contributed by atoms with Crippen molar-refractivity contribution in [2.75, 3.05) is 0 Å². The number of rotatable bonds is 7. The molecule has 0 saturated carbocycles. The number of pyridine rings is 1. The van der Waals surface area contributed by atoms with Gasteiger partial charge in [0.15, 0.2) is 5.69 Å². The van der Waals surface area contributed by atoms with Crippen molar-refractivity contribution in [2.45, 2.75) is 46.0 Å². The largest absolute Gasteiger partial charge is 0.505 e. The summed E-state index contributed by atoms with van der Waals surface area (Å²) in [6, 6.07) is 3.75. The Hall–Kier alpha value is -1.88. The van der Waals surface area contributed by atoms with Crippen molar-refractivity contribution in [3.63, 3.8) is 0 Å². The van der Waals surface area contributed by atoms with Crippen LogP contribution in [0.5, 0.6) is 5.75 Å². The molecule has 22 heavy (non-hydrogen) atoms. The van der Waals surface area contributed by atoms with Gasteiger partial charge in [-0.3, -0.25) is 4.79 Å². The molecule has 3 N–H and O–H groups in total. The van der Waals surface area contributed by atoms with Gasteiger partial charge in [0.2, 0.25) is 0 Å². The summed E-state index contributed by atoms with van der Waals surface area (Å²) in [5.41, 5.74) is 7.30. The fraction of sp³-hybridized carbons (Fsp3) is 0.412. The van der Waals surface area contributed by atoms with Crippen LogP contribution in [0.2, 0.25) is 0 Å². The fourth-order valence-electron chi connectivity index (χ4n) is 2.40. The number of carbonyl (C=O) groups is 1. The van der Waals surface area contributed by atoms with Crippen LogP contribution in [-0.4, -0.2) is 16.0 Å². The number of hydrogen-bond donors (Lipinski definition) is 2. The molecule has 2 aromatic rings. The zero-order valence-corrected chi connectivity index (χ0v) is 13.9. The zero-order chi connectivity index (χ0) is 16.1. The second-order valence-electron chi connectivity index (χ2n) is 5.37. The Bertz CT molecular complexity index is 665. The summed E-state index contributed by atoms with van der Waals surface area (Å²) in [6.07, 6.45) is 7.22. The first-order chi connectivity index (χ1) is 10.6. The molecule has 0 aliphatic carbocycles. The van der Waals surface area contributed by atoms with Crippen molar-refractivity contribution in [1.82, 2.24) is 4.98 Å². The second kappa shape index (κ2) is 7.40. The smallest absolute Gasteiger partial charge is 0.271 e. The van der Waals surface area contributed by atoms with Gasteiger partial charge in [-0.2, -0.15) is 0 Å². The lowest BCUT2D eigenvalue weighted by atomic mass is 10.1. The second-order valence-corrected chi connectivity index (χ2v) is 6.51. The quantitative estimate of drug-likeness (QED) is 0.812. The summed E-state index contributed by atoms with van der Waals surface area (Å²) in [5.74, 6) is -0.879. The number of primary amides is 1. The molecular formula is C17H22N2O2S. The number of hydrogen-bond acceptors (Lipinski definition) is 4. The predicted molar refractivity (Wildman–Crippen MR) is 90.3 cm³/mol. The number of nitrogens with two attached hydrogens (primary N) is 1. The molecule has 2 rings (SSSR count). The SMILES string of the molecule is CCCCc1cc(-c2cnc(C(N)=O)c(O)c2)sc1CCC. The van der Waals surface area contributed by atoms with E-state index in [4.69, 9.17) is 5.73 Å². The Kier molecular flexibility index (Phi) is 5.55. The number of aryl methyl sites for hydroxylation is 2. The number of thiophene rings is 1. The Labute approximate surface area is 135 Å². The highest BCUT2D eigenvalue weighted by atomic mass is 32.1. The maximum Gasteiger partial charge on any atom is 0.271 e. The molecule has 2 heterocycles. The molecule has 2 aromatic heterocycles. The Balaban J connectivity index is 2.35. The standard InChI is InChI=1S/C17H22N2O2S/c1-3-5-7-11-9-15(22-14(11)6-4-2)12-8-13(20)16(17(18)21)19-10-12/h8-10,20H,3-7H2,1-2H3,(H2,18,21). The van der Waals surface area contributed by atoms with E-state index in [1.807, 2.05) is 0 Å². The third kappa shape index (κ3) is 3.65. The van der Waals surface area contributed by atoms with Crippen LogP contribution in [0.15, 0.2) is 18.3 Å². The molecule has 0 saturated heterocycles. The molecule has 1 amide bonds. The van der Waals surface area contributed by atoms with Gasteiger partial charge in [-0.05, 0) is 37.0 Å². The summed E-state index contributed by atoms with van der Waals surface area (Å²) < 4.78 is 0. The van der Waals surface area contributed by atoms with Gasteiger partial charge in [-0.15, -0.1) is 11.3 Å². The third-order valence-electron chi connectivity index (χ3n) is 3.56. The van der Waals surface area contributed by atoms with Crippen LogP contribution >= 0.6 is 11.3 Å². The van der Waals surface area contributed by atoms with Crippen LogP contribution < -0.4 is 5.73 Å². The van der Waals surface area contributed by atoms with Gasteiger partial charge in [-0.25, -0.2) is 4.98 Å². The number of aromatic hydroxyl groups is 1. The molecule has 4 nitrogen and oxygen atoms in total.